The molecule has 1 aliphatic rings. The number of sulfonamides is 1. The van der Waals surface area contributed by atoms with Gasteiger partial charge in [-0.25, -0.2) is 13.1 Å². The fourth-order valence-electron chi connectivity index (χ4n) is 2.06. The van der Waals surface area contributed by atoms with Crippen LogP contribution in [-0.2, 0) is 10.0 Å². The van der Waals surface area contributed by atoms with E-state index in [2.05, 4.69) is 23.9 Å². The van der Waals surface area contributed by atoms with Crippen molar-refractivity contribution in [1.82, 2.24) is 10.0 Å². The van der Waals surface area contributed by atoms with Crippen molar-refractivity contribution in [2.45, 2.75) is 39.2 Å². The lowest BCUT2D eigenvalue weighted by molar-refractivity contribution is 0.313. The van der Waals surface area contributed by atoms with E-state index in [1.807, 2.05) is 0 Å². The van der Waals surface area contributed by atoms with Gasteiger partial charge in [-0.2, -0.15) is 0 Å². The molecule has 0 saturated heterocycles. The van der Waals surface area contributed by atoms with E-state index >= 15 is 0 Å². The lowest BCUT2D eigenvalue weighted by Crippen LogP contribution is -2.43. The van der Waals surface area contributed by atoms with Crippen molar-refractivity contribution in [1.29, 1.82) is 0 Å². The first kappa shape index (κ1) is 12.9. The molecule has 0 spiro atoms. The van der Waals surface area contributed by atoms with Gasteiger partial charge in [0.2, 0.25) is 10.0 Å². The number of nitrogens with one attached hydrogen (secondary N) is 2. The van der Waals surface area contributed by atoms with Crippen LogP contribution in [0, 0.1) is 5.41 Å². The number of hydrogen-bond acceptors (Lipinski definition) is 3. The molecular formula is C10H22N2O2S. The highest BCUT2D eigenvalue weighted by Crippen LogP contribution is 2.37. The van der Waals surface area contributed by atoms with Crippen molar-refractivity contribution in [2.24, 2.45) is 5.41 Å². The minimum Gasteiger partial charge on any atom is -0.319 e. The standard InChI is InChI=1S/C10H22N2O2S/c1-10(2)6-4-5-9(10)12-15(13,14)8-7-11-3/h9,11-12H,4-8H2,1-3H3. The summed E-state index contributed by atoms with van der Waals surface area (Å²) in [5, 5.41) is 2.85. The Hall–Kier alpha value is -0.130. The number of rotatable bonds is 5. The molecular weight excluding hydrogens is 212 g/mol. The molecule has 0 heterocycles. The highest BCUT2D eigenvalue weighted by Gasteiger charge is 2.36. The summed E-state index contributed by atoms with van der Waals surface area (Å²) in [6.45, 7) is 4.76. The van der Waals surface area contributed by atoms with Crippen molar-refractivity contribution < 1.29 is 8.42 Å². The maximum atomic E-state index is 11.7. The van der Waals surface area contributed by atoms with Crippen LogP contribution in [0.1, 0.15) is 33.1 Å². The average molecular weight is 234 g/mol. The zero-order chi connectivity index (χ0) is 11.5. The van der Waals surface area contributed by atoms with E-state index in [1.165, 1.54) is 0 Å². The van der Waals surface area contributed by atoms with E-state index in [0.29, 0.717) is 6.54 Å². The van der Waals surface area contributed by atoms with Gasteiger partial charge in [0.05, 0.1) is 5.75 Å². The van der Waals surface area contributed by atoms with Crippen LogP contribution in [-0.4, -0.2) is 33.8 Å². The Morgan fingerprint density at radius 2 is 2.07 bits per heavy atom. The second-order valence-electron chi connectivity index (χ2n) is 4.97. The predicted molar refractivity (Wildman–Crippen MR) is 62.3 cm³/mol. The SMILES string of the molecule is CNCCS(=O)(=O)NC1CCCC1(C)C. The third-order valence-corrected chi connectivity index (χ3v) is 4.59. The van der Waals surface area contributed by atoms with E-state index in [9.17, 15) is 8.42 Å². The minimum atomic E-state index is -3.11. The molecule has 0 aromatic carbocycles. The van der Waals surface area contributed by atoms with Gasteiger partial charge in [-0.3, -0.25) is 0 Å². The zero-order valence-corrected chi connectivity index (χ0v) is 10.7. The smallest absolute Gasteiger partial charge is 0.213 e. The molecule has 1 fully saturated rings. The molecule has 0 aromatic heterocycles. The van der Waals surface area contributed by atoms with Crippen molar-refractivity contribution in [3.63, 3.8) is 0 Å². The lowest BCUT2D eigenvalue weighted by Gasteiger charge is -2.27. The molecule has 4 nitrogen and oxygen atoms in total. The topological polar surface area (TPSA) is 58.2 Å². The van der Waals surface area contributed by atoms with Gasteiger partial charge in [0.15, 0.2) is 0 Å². The van der Waals surface area contributed by atoms with E-state index in [-0.39, 0.29) is 17.2 Å². The second kappa shape index (κ2) is 4.80. The Bertz CT molecular complexity index is 299. The molecule has 0 radical (unpaired) electrons. The van der Waals surface area contributed by atoms with Gasteiger partial charge in [-0.1, -0.05) is 20.3 Å². The van der Waals surface area contributed by atoms with Crippen molar-refractivity contribution >= 4 is 10.0 Å². The maximum Gasteiger partial charge on any atom is 0.213 e. The lowest BCUT2D eigenvalue weighted by atomic mass is 9.88. The highest BCUT2D eigenvalue weighted by molar-refractivity contribution is 7.89. The molecule has 0 bridgehead atoms. The van der Waals surface area contributed by atoms with Crippen LogP contribution in [0.3, 0.4) is 0 Å². The average Bonchev–Trinajstić information content (AvgIpc) is 2.42. The molecule has 1 rings (SSSR count). The quantitative estimate of drug-likeness (QED) is 0.736. The van der Waals surface area contributed by atoms with Crippen LogP contribution >= 0.6 is 0 Å². The summed E-state index contributed by atoms with van der Waals surface area (Å²) in [6.07, 6.45) is 3.18. The van der Waals surface area contributed by atoms with Crippen LogP contribution in [0.4, 0.5) is 0 Å². The third-order valence-electron chi connectivity index (χ3n) is 3.20. The molecule has 15 heavy (non-hydrogen) atoms. The molecule has 5 heteroatoms. The Kier molecular flexibility index (Phi) is 4.14. The summed E-state index contributed by atoms with van der Waals surface area (Å²) in [7, 11) is -1.35. The highest BCUT2D eigenvalue weighted by atomic mass is 32.2. The first-order valence-corrected chi connectivity index (χ1v) is 7.17. The van der Waals surface area contributed by atoms with Gasteiger partial charge < -0.3 is 5.32 Å². The third kappa shape index (κ3) is 3.74. The van der Waals surface area contributed by atoms with Gasteiger partial charge in [0.1, 0.15) is 0 Å². The Balaban J connectivity index is 2.54. The second-order valence-corrected chi connectivity index (χ2v) is 6.85. The van der Waals surface area contributed by atoms with Gasteiger partial charge in [-0.15, -0.1) is 0 Å². The Morgan fingerprint density at radius 1 is 1.40 bits per heavy atom. The largest absolute Gasteiger partial charge is 0.319 e. The van der Waals surface area contributed by atoms with E-state index < -0.39 is 10.0 Å². The molecule has 1 unspecified atom stereocenters. The summed E-state index contributed by atoms with van der Waals surface area (Å²) in [5.74, 6) is 0.163. The van der Waals surface area contributed by atoms with E-state index in [4.69, 9.17) is 0 Å². The Labute approximate surface area is 92.9 Å². The first-order valence-electron chi connectivity index (χ1n) is 5.52. The zero-order valence-electron chi connectivity index (χ0n) is 9.84. The summed E-state index contributed by atoms with van der Waals surface area (Å²) >= 11 is 0. The van der Waals surface area contributed by atoms with Crippen LogP contribution in [0.5, 0.6) is 0 Å². The van der Waals surface area contributed by atoms with Gasteiger partial charge in [0.25, 0.3) is 0 Å². The molecule has 0 aromatic rings. The number of hydrogen-bond donors (Lipinski definition) is 2. The fourth-order valence-corrected chi connectivity index (χ4v) is 3.52. The summed E-state index contributed by atoms with van der Waals surface area (Å²) < 4.78 is 26.2. The predicted octanol–water partition coefficient (Wildman–Crippen LogP) is 0.704. The fraction of sp³-hybridized carbons (Fsp3) is 1.00. The molecule has 1 saturated carbocycles. The van der Waals surface area contributed by atoms with Crippen LogP contribution in [0.25, 0.3) is 0 Å². The summed E-state index contributed by atoms with van der Waals surface area (Å²) in [5.41, 5.74) is 0.104. The van der Waals surface area contributed by atoms with Crippen LogP contribution in [0.15, 0.2) is 0 Å². The van der Waals surface area contributed by atoms with E-state index in [1.54, 1.807) is 7.05 Å². The van der Waals surface area contributed by atoms with E-state index in [0.717, 1.165) is 19.3 Å². The van der Waals surface area contributed by atoms with Crippen LogP contribution < -0.4 is 10.0 Å². The molecule has 1 atom stereocenters. The van der Waals surface area contributed by atoms with Gasteiger partial charge in [-0.05, 0) is 25.3 Å². The summed E-state index contributed by atoms with van der Waals surface area (Å²) in [4.78, 5) is 0. The normalized spacial score (nSPS) is 25.7. The molecule has 1 aliphatic carbocycles. The summed E-state index contributed by atoms with van der Waals surface area (Å²) in [6, 6.07) is 0.111. The van der Waals surface area contributed by atoms with Crippen molar-refractivity contribution in [3.8, 4) is 0 Å². The van der Waals surface area contributed by atoms with Gasteiger partial charge >= 0.3 is 0 Å². The molecule has 0 aliphatic heterocycles. The monoisotopic (exact) mass is 234 g/mol. The van der Waals surface area contributed by atoms with Crippen LogP contribution in [0.2, 0.25) is 0 Å². The minimum absolute atomic E-state index is 0.104. The maximum absolute atomic E-state index is 11.7. The molecule has 0 amide bonds. The van der Waals surface area contributed by atoms with Gasteiger partial charge in [0, 0.05) is 12.6 Å². The first-order chi connectivity index (χ1) is 6.87. The molecule has 2 N–H and O–H groups in total. The van der Waals surface area contributed by atoms with Crippen molar-refractivity contribution in [3.05, 3.63) is 0 Å². The van der Waals surface area contributed by atoms with Crippen molar-refractivity contribution in [2.75, 3.05) is 19.3 Å². The Morgan fingerprint density at radius 3 is 2.53 bits per heavy atom. The molecule has 90 valence electrons.